The van der Waals surface area contributed by atoms with Crippen LogP contribution in [0.4, 0.5) is 4.39 Å². The summed E-state index contributed by atoms with van der Waals surface area (Å²) in [6.45, 7) is 2.31. The fraction of sp³-hybridized carbons (Fsp3) is 0.200. The molecule has 20 heavy (non-hydrogen) atoms. The Morgan fingerprint density at radius 1 is 1.40 bits per heavy atom. The van der Waals surface area contributed by atoms with E-state index in [1.807, 2.05) is 25.1 Å². The Morgan fingerprint density at radius 3 is 2.80 bits per heavy atom. The molecule has 0 saturated heterocycles. The van der Waals surface area contributed by atoms with Crippen LogP contribution in [-0.2, 0) is 6.54 Å². The second-order valence-electron chi connectivity index (χ2n) is 4.53. The van der Waals surface area contributed by atoms with E-state index in [-0.39, 0.29) is 11.6 Å². The van der Waals surface area contributed by atoms with Gasteiger partial charge in [0.2, 0.25) is 5.91 Å². The first-order chi connectivity index (χ1) is 9.58. The summed E-state index contributed by atoms with van der Waals surface area (Å²) in [6, 6.07) is 9.91. The Kier molecular flexibility index (Phi) is 4.42. The van der Waals surface area contributed by atoms with Crippen molar-refractivity contribution in [2.75, 3.05) is 0 Å². The number of nitrogens with one attached hydrogen (secondary N) is 1. The quantitative estimate of drug-likeness (QED) is 0.877. The number of hydrogen-bond acceptors (Lipinski definition) is 3. The smallest absolute Gasteiger partial charge is 0.248 e. The van der Waals surface area contributed by atoms with Crippen LogP contribution in [0, 0.1) is 5.82 Å². The highest BCUT2D eigenvalue weighted by molar-refractivity contribution is 5.92. The lowest BCUT2D eigenvalue weighted by atomic mass is 10.1. The number of pyridine rings is 1. The van der Waals surface area contributed by atoms with Crippen LogP contribution in [0.5, 0.6) is 0 Å². The molecule has 0 aliphatic carbocycles. The Balaban J connectivity index is 2.02. The second kappa shape index (κ2) is 6.25. The maximum Gasteiger partial charge on any atom is 0.248 e. The third-order valence-electron chi connectivity index (χ3n) is 3.07. The maximum absolute atomic E-state index is 13.8. The number of carbonyl (C=O) groups is 1. The zero-order chi connectivity index (χ0) is 14.5. The van der Waals surface area contributed by atoms with E-state index >= 15 is 0 Å². The van der Waals surface area contributed by atoms with E-state index in [4.69, 9.17) is 5.73 Å². The topological polar surface area (TPSA) is 68.0 Å². The van der Waals surface area contributed by atoms with E-state index < -0.39 is 11.7 Å². The highest BCUT2D eigenvalue weighted by Gasteiger charge is 2.09. The molecular formula is C15H16FN3O. The van der Waals surface area contributed by atoms with Crippen LogP contribution >= 0.6 is 0 Å². The summed E-state index contributed by atoms with van der Waals surface area (Å²) < 4.78 is 13.8. The number of carbonyl (C=O) groups excluding carboxylic acids is 1. The van der Waals surface area contributed by atoms with Crippen molar-refractivity contribution in [1.29, 1.82) is 0 Å². The van der Waals surface area contributed by atoms with Crippen LogP contribution in [-0.4, -0.2) is 10.9 Å². The molecule has 0 saturated carbocycles. The molecule has 0 fully saturated rings. The highest BCUT2D eigenvalue weighted by Crippen LogP contribution is 2.13. The van der Waals surface area contributed by atoms with Crippen molar-refractivity contribution in [1.82, 2.24) is 10.3 Å². The number of primary amides is 1. The third-order valence-corrected chi connectivity index (χ3v) is 3.07. The SMILES string of the molecule is C[C@H](NCc1ccc(C(N)=O)cc1F)c1ccccn1. The Labute approximate surface area is 116 Å². The summed E-state index contributed by atoms with van der Waals surface area (Å²) >= 11 is 0. The van der Waals surface area contributed by atoms with Crippen molar-refractivity contribution in [2.45, 2.75) is 19.5 Å². The highest BCUT2D eigenvalue weighted by atomic mass is 19.1. The van der Waals surface area contributed by atoms with Gasteiger partial charge in [-0.25, -0.2) is 4.39 Å². The number of halogens is 1. The van der Waals surface area contributed by atoms with E-state index in [1.54, 1.807) is 12.3 Å². The van der Waals surface area contributed by atoms with Crippen LogP contribution in [0.2, 0.25) is 0 Å². The minimum absolute atomic E-state index is 0.00594. The van der Waals surface area contributed by atoms with E-state index in [2.05, 4.69) is 10.3 Å². The van der Waals surface area contributed by atoms with Gasteiger partial charge in [-0.3, -0.25) is 9.78 Å². The number of aromatic nitrogens is 1. The molecule has 1 aromatic heterocycles. The molecule has 1 atom stereocenters. The number of rotatable bonds is 5. The van der Waals surface area contributed by atoms with Gasteiger partial charge in [-0.15, -0.1) is 0 Å². The monoisotopic (exact) mass is 273 g/mol. The third kappa shape index (κ3) is 3.39. The average Bonchev–Trinajstić information content (AvgIpc) is 2.46. The Bertz CT molecular complexity index is 601. The van der Waals surface area contributed by atoms with Crippen LogP contribution < -0.4 is 11.1 Å². The van der Waals surface area contributed by atoms with E-state index in [0.717, 1.165) is 11.8 Å². The Morgan fingerprint density at radius 2 is 2.20 bits per heavy atom. The average molecular weight is 273 g/mol. The zero-order valence-corrected chi connectivity index (χ0v) is 11.1. The van der Waals surface area contributed by atoms with Gasteiger partial charge in [0.25, 0.3) is 0 Å². The molecule has 0 unspecified atom stereocenters. The van der Waals surface area contributed by atoms with Crippen molar-refractivity contribution < 1.29 is 9.18 Å². The zero-order valence-electron chi connectivity index (χ0n) is 11.1. The van der Waals surface area contributed by atoms with Crippen molar-refractivity contribution in [3.05, 3.63) is 65.2 Å². The van der Waals surface area contributed by atoms with E-state index in [9.17, 15) is 9.18 Å². The van der Waals surface area contributed by atoms with E-state index in [0.29, 0.717) is 12.1 Å². The fourth-order valence-corrected chi connectivity index (χ4v) is 1.84. The van der Waals surface area contributed by atoms with Crippen LogP contribution in [0.1, 0.15) is 34.6 Å². The van der Waals surface area contributed by atoms with Gasteiger partial charge >= 0.3 is 0 Å². The van der Waals surface area contributed by atoms with Gasteiger partial charge in [0.15, 0.2) is 0 Å². The molecule has 1 aromatic carbocycles. The first-order valence-electron chi connectivity index (χ1n) is 6.30. The van der Waals surface area contributed by atoms with Gasteiger partial charge in [0.05, 0.1) is 5.69 Å². The lowest BCUT2D eigenvalue weighted by Gasteiger charge is -2.13. The molecule has 0 bridgehead atoms. The molecule has 1 heterocycles. The maximum atomic E-state index is 13.8. The summed E-state index contributed by atoms with van der Waals surface area (Å²) in [7, 11) is 0. The first-order valence-corrected chi connectivity index (χ1v) is 6.30. The van der Waals surface area contributed by atoms with Crippen LogP contribution in [0.3, 0.4) is 0 Å². The Hall–Kier alpha value is -2.27. The van der Waals surface area contributed by atoms with Crippen molar-refractivity contribution in [3.8, 4) is 0 Å². The van der Waals surface area contributed by atoms with Crippen molar-refractivity contribution in [3.63, 3.8) is 0 Å². The largest absolute Gasteiger partial charge is 0.366 e. The van der Waals surface area contributed by atoms with Gasteiger partial charge in [0, 0.05) is 29.9 Å². The summed E-state index contributed by atoms with van der Waals surface area (Å²) in [5.41, 5.74) is 6.65. The summed E-state index contributed by atoms with van der Waals surface area (Å²) in [4.78, 5) is 15.2. The molecule has 104 valence electrons. The normalized spacial score (nSPS) is 12.1. The predicted molar refractivity (Wildman–Crippen MR) is 74.4 cm³/mol. The van der Waals surface area contributed by atoms with Crippen LogP contribution in [0.15, 0.2) is 42.6 Å². The molecule has 0 spiro atoms. The number of amides is 1. The van der Waals surface area contributed by atoms with Gasteiger partial charge in [0.1, 0.15) is 5.82 Å². The summed E-state index contributed by atoms with van der Waals surface area (Å²) in [5, 5.41) is 3.19. The molecule has 0 aliphatic rings. The van der Waals surface area contributed by atoms with Crippen molar-refractivity contribution in [2.24, 2.45) is 5.73 Å². The number of nitrogens with zero attached hydrogens (tertiary/aromatic N) is 1. The van der Waals surface area contributed by atoms with Gasteiger partial charge < -0.3 is 11.1 Å². The minimum Gasteiger partial charge on any atom is -0.366 e. The molecule has 3 N–H and O–H groups in total. The first kappa shape index (κ1) is 14.1. The lowest BCUT2D eigenvalue weighted by Crippen LogP contribution is -2.20. The number of nitrogens with two attached hydrogens (primary N) is 1. The standard InChI is InChI=1S/C15H16FN3O/c1-10(14-4-2-3-7-18-14)19-9-12-6-5-11(15(17)20)8-13(12)16/h2-8,10,19H,9H2,1H3,(H2,17,20)/t10-/m0/s1. The minimum atomic E-state index is -0.634. The van der Waals surface area contributed by atoms with Gasteiger partial charge in [-0.2, -0.15) is 0 Å². The van der Waals surface area contributed by atoms with Gasteiger partial charge in [-0.05, 0) is 31.2 Å². The predicted octanol–water partition coefficient (Wildman–Crippen LogP) is 2.17. The van der Waals surface area contributed by atoms with Crippen LogP contribution in [0.25, 0.3) is 0 Å². The lowest BCUT2D eigenvalue weighted by molar-refractivity contribution is 0.1000. The molecule has 2 aromatic rings. The molecular weight excluding hydrogens is 257 g/mol. The molecule has 2 rings (SSSR count). The molecule has 5 heteroatoms. The van der Waals surface area contributed by atoms with Crippen molar-refractivity contribution >= 4 is 5.91 Å². The molecule has 0 radical (unpaired) electrons. The molecule has 4 nitrogen and oxygen atoms in total. The van der Waals surface area contributed by atoms with E-state index in [1.165, 1.54) is 6.07 Å². The summed E-state index contributed by atoms with van der Waals surface area (Å²) in [6.07, 6.45) is 1.72. The number of hydrogen-bond donors (Lipinski definition) is 2. The summed E-state index contributed by atoms with van der Waals surface area (Å²) in [5.74, 6) is -1.08. The molecule has 1 amide bonds. The fourth-order valence-electron chi connectivity index (χ4n) is 1.84. The van der Waals surface area contributed by atoms with Gasteiger partial charge in [-0.1, -0.05) is 12.1 Å². The number of benzene rings is 1. The molecule has 0 aliphatic heterocycles. The second-order valence-corrected chi connectivity index (χ2v) is 4.53.